The first-order chi connectivity index (χ1) is 8.46. The molecular weight excluding hydrogens is 222 g/mol. The van der Waals surface area contributed by atoms with E-state index in [-0.39, 0.29) is 5.54 Å². The van der Waals surface area contributed by atoms with E-state index in [1.807, 2.05) is 32.2 Å². The number of imidazole rings is 1. The van der Waals surface area contributed by atoms with Crippen LogP contribution in [0.25, 0.3) is 11.3 Å². The predicted molar refractivity (Wildman–Crippen MR) is 75.3 cm³/mol. The predicted octanol–water partition coefficient (Wildman–Crippen LogP) is 3.06. The summed E-state index contributed by atoms with van der Waals surface area (Å²) in [5, 5.41) is 0. The lowest BCUT2D eigenvalue weighted by Crippen LogP contribution is -2.32. The van der Waals surface area contributed by atoms with Gasteiger partial charge in [0.1, 0.15) is 5.82 Å². The fourth-order valence-electron chi connectivity index (χ4n) is 1.94. The number of aromatic amines is 1. The second-order valence-electron chi connectivity index (χ2n) is 5.55. The zero-order chi connectivity index (χ0) is 13.2. The van der Waals surface area contributed by atoms with Crippen LogP contribution in [-0.4, -0.2) is 15.5 Å². The first kappa shape index (κ1) is 12.8. The Morgan fingerprint density at radius 2 is 2.00 bits per heavy atom. The molecule has 0 atom stereocenters. The number of nitrogens with one attached hydrogen (secondary N) is 1. The van der Waals surface area contributed by atoms with Gasteiger partial charge in [0, 0.05) is 17.5 Å². The number of nitrogens with zero attached hydrogens (tertiary/aromatic N) is 1. The summed E-state index contributed by atoms with van der Waals surface area (Å²) < 4.78 is 0. The van der Waals surface area contributed by atoms with E-state index in [0.717, 1.165) is 24.4 Å². The van der Waals surface area contributed by atoms with Crippen molar-refractivity contribution >= 4 is 0 Å². The molecule has 3 N–H and O–H groups in total. The second kappa shape index (κ2) is 4.94. The third-order valence-corrected chi connectivity index (χ3v) is 3.07. The Kier molecular flexibility index (Phi) is 3.53. The quantitative estimate of drug-likeness (QED) is 0.867. The third-order valence-electron chi connectivity index (χ3n) is 3.07. The summed E-state index contributed by atoms with van der Waals surface area (Å²) >= 11 is 0. The molecule has 0 amide bonds. The number of hydrogen-bond donors (Lipinski definition) is 2. The molecule has 0 unspecified atom stereocenters. The van der Waals surface area contributed by atoms with Crippen LogP contribution in [0.4, 0.5) is 0 Å². The summed E-state index contributed by atoms with van der Waals surface area (Å²) in [6.07, 6.45) is 3.71. The van der Waals surface area contributed by atoms with E-state index in [1.54, 1.807) is 0 Å². The lowest BCUT2D eigenvalue weighted by molar-refractivity contribution is 0.472. The monoisotopic (exact) mass is 243 g/mol. The Morgan fingerprint density at radius 3 is 2.67 bits per heavy atom. The van der Waals surface area contributed by atoms with Gasteiger partial charge in [-0.15, -0.1) is 0 Å². The van der Waals surface area contributed by atoms with Gasteiger partial charge in [-0.2, -0.15) is 0 Å². The average molecular weight is 243 g/mol. The van der Waals surface area contributed by atoms with Crippen LogP contribution in [0.3, 0.4) is 0 Å². The minimum Gasteiger partial charge on any atom is -0.342 e. The van der Waals surface area contributed by atoms with Crippen molar-refractivity contribution in [2.24, 2.45) is 5.73 Å². The van der Waals surface area contributed by atoms with Gasteiger partial charge in [0.2, 0.25) is 0 Å². The molecule has 0 aliphatic carbocycles. The van der Waals surface area contributed by atoms with E-state index < -0.39 is 0 Å². The molecule has 3 nitrogen and oxygen atoms in total. The van der Waals surface area contributed by atoms with Gasteiger partial charge < -0.3 is 10.7 Å². The normalized spacial score (nSPS) is 11.8. The minimum absolute atomic E-state index is 0.143. The minimum atomic E-state index is -0.143. The van der Waals surface area contributed by atoms with Crippen molar-refractivity contribution in [1.82, 2.24) is 9.97 Å². The molecule has 0 aliphatic rings. The molecule has 18 heavy (non-hydrogen) atoms. The molecule has 0 radical (unpaired) electrons. The van der Waals surface area contributed by atoms with Crippen molar-refractivity contribution in [1.29, 1.82) is 0 Å². The molecule has 0 aliphatic heterocycles. The van der Waals surface area contributed by atoms with E-state index in [4.69, 9.17) is 5.73 Å². The van der Waals surface area contributed by atoms with Crippen LogP contribution < -0.4 is 5.73 Å². The fourth-order valence-corrected chi connectivity index (χ4v) is 1.94. The Morgan fingerprint density at radius 1 is 1.28 bits per heavy atom. The van der Waals surface area contributed by atoms with E-state index in [0.29, 0.717) is 0 Å². The van der Waals surface area contributed by atoms with Gasteiger partial charge in [0.15, 0.2) is 0 Å². The molecular formula is C15H21N3. The van der Waals surface area contributed by atoms with Crippen molar-refractivity contribution in [2.75, 3.05) is 0 Å². The Labute approximate surface area is 108 Å². The van der Waals surface area contributed by atoms with Crippen LogP contribution in [-0.2, 0) is 6.42 Å². The van der Waals surface area contributed by atoms with Crippen LogP contribution >= 0.6 is 0 Å². The zero-order valence-electron chi connectivity index (χ0n) is 11.3. The highest BCUT2D eigenvalue weighted by atomic mass is 14.9. The highest BCUT2D eigenvalue weighted by molar-refractivity contribution is 5.62. The van der Waals surface area contributed by atoms with E-state index in [1.165, 1.54) is 11.1 Å². The first-order valence-corrected chi connectivity index (χ1v) is 6.34. The SMILES string of the molecule is Cc1ccccc1-c1cnc(CCC(C)(C)N)[nH]1. The maximum absolute atomic E-state index is 5.98. The number of hydrogen-bond acceptors (Lipinski definition) is 2. The van der Waals surface area contributed by atoms with E-state index >= 15 is 0 Å². The molecule has 2 rings (SSSR count). The summed E-state index contributed by atoms with van der Waals surface area (Å²) in [6, 6.07) is 8.32. The second-order valence-corrected chi connectivity index (χ2v) is 5.55. The van der Waals surface area contributed by atoms with Gasteiger partial charge in [-0.25, -0.2) is 4.98 Å². The summed E-state index contributed by atoms with van der Waals surface area (Å²) in [7, 11) is 0. The topological polar surface area (TPSA) is 54.7 Å². The third kappa shape index (κ3) is 3.20. The van der Waals surface area contributed by atoms with Gasteiger partial charge in [0.25, 0.3) is 0 Å². The van der Waals surface area contributed by atoms with Crippen LogP contribution in [0.15, 0.2) is 30.5 Å². The molecule has 1 aromatic carbocycles. The smallest absolute Gasteiger partial charge is 0.106 e. The summed E-state index contributed by atoms with van der Waals surface area (Å²) in [5.41, 5.74) is 9.39. The van der Waals surface area contributed by atoms with Crippen molar-refractivity contribution in [3.63, 3.8) is 0 Å². The molecule has 1 heterocycles. The molecule has 0 fully saturated rings. The molecule has 96 valence electrons. The number of rotatable bonds is 4. The summed E-state index contributed by atoms with van der Waals surface area (Å²) in [6.45, 7) is 6.19. The number of H-pyrrole nitrogens is 1. The average Bonchev–Trinajstić information content (AvgIpc) is 2.75. The van der Waals surface area contributed by atoms with Crippen LogP contribution in [0.5, 0.6) is 0 Å². The van der Waals surface area contributed by atoms with Crippen molar-refractivity contribution < 1.29 is 0 Å². The molecule has 0 spiro atoms. The molecule has 1 aromatic heterocycles. The van der Waals surface area contributed by atoms with Crippen LogP contribution in [0.1, 0.15) is 31.7 Å². The maximum atomic E-state index is 5.98. The van der Waals surface area contributed by atoms with Gasteiger partial charge in [-0.05, 0) is 32.8 Å². The fraction of sp³-hybridized carbons (Fsp3) is 0.400. The largest absolute Gasteiger partial charge is 0.342 e. The lowest BCUT2D eigenvalue weighted by Gasteiger charge is -2.16. The van der Waals surface area contributed by atoms with Gasteiger partial charge >= 0.3 is 0 Å². The number of aromatic nitrogens is 2. The Bertz CT molecular complexity index is 521. The molecule has 0 saturated carbocycles. The number of nitrogens with two attached hydrogens (primary N) is 1. The lowest BCUT2D eigenvalue weighted by atomic mass is 10.00. The van der Waals surface area contributed by atoms with E-state index in [9.17, 15) is 0 Å². The summed E-state index contributed by atoms with van der Waals surface area (Å²) in [4.78, 5) is 7.80. The maximum Gasteiger partial charge on any atom is 0.106 e. The highest BCUT2D eigenvalue weighted by Crippen LogP contribution is 2.21. The molecule has 2 aromatic rings. The van der Waals surface area contributed by atoms with Gasteiger partial charge in [-0.3, -0.25) is 0 Å². The molecule has 0 bridgehead atoms. The van der Waals surface area contributed by atoms with Crippen molar-refractivity contribution in [2.45, 2.75) is 39.2 Å². The molecule has 0 saturated heterocycles. The van der Waals surface area contributed by atoms with Crippen molar-refractivity contribution in [3.8, 4) is 11.3 Å². The highest BCUT2D eigenvalue weighted by Gasteiger charge is 2.12. The molecule has 3 heteroatoms. The van der Waals surface area contributed by atoms with E-state index in [2.05, 4.69) is 29.0 Å². The van der Waals surface area contributed by atoms with Gasteiger partial charge in [-0.1, -0.05) is 24.3 Å². The zero-order valence-corrected chi connectivity index (χ0v) is 11.3. The Balaban J connectivity index is 2.14. The van der Waals surface area contributed by atoms with Crippen LogP contribution in [0.2, 0.25) is 0 Å². The first-order valence-electron chi connectivity index (χ1n) is 6.34. The Hall–Kier alpha value is -1.61. The van der Waals surface area contributed by atoms with Crippen molar-refractivity contribution in [3.05, 3.63) is 41.9 Å². The van der Waals surface area contributed by atoms with Gasteiger partial charge in [0.05, 0.1) is 11.9 Å². The number of aryl methyl sites for hydroxylation is 2. The standard InChI is InChI=1S/C15H21N3/c1-11-6-4-5-7-12(11)13-10-17-14(18-13)8-9-15(2,3)16/h4-7,10H,8-9,16H2,1-3H3,(H,17,18). The summed E-state index contributed by atoms with van der Waals surface area (Å²) in [5.74, 6) is 1.01. The number of benzene rings is 1. The van der Waals surface area contributed by atoms with Crippen LogP contribution in [0, 0.1) is 6.92 Å².